The summed E-state index contributed by atoms with van der Waals surface area (Å²) < 4.78 is 5.73. The van der Waals surface area contributed by atoms with Crippen LogP contribution in [0.3, 0.4) is 0 Å². The number of methoxy groups -OCH3 is 1. The normalized spacial score (nSPS) is 11.5. The minimum atomic E-state index is -0.300. The van der Waals surface area contributed by atoms with Gasteiger partial charge in [0, 0.05) is 55.1 Å². The van der Waals surface area contributed by atoms with Crippen LogP contribution in [-0.2, 0) is 10.2 Å². The predicted octanol–water partition coefficient (Wildman–Crippen LogP) is 5.80. The van der Waals surface area contributed by atoms with Gasteiger partial charge >= 0.3 is 0 Å². The standard InChI is InChI=1S/C31H39N7O2/c1-9-28(39)34-24-17-25(27(40-8)18-26(24)38(7)16-15-37(5)6)36-30-32-14-13-23(35-30)21-19-33-29-20(21)11-10-12-22(29)31(2,3)4/h9-14,17-19,33H,1,15-16H2,2-8H3,(H,34,39)(H,32,35,36). The minimum Gasteiger partial charge on any atom is -0.494 e. The number of carbonyl (C=O) groups excluding carboxylic acids is 1. The monoisotopic (exact) mass is 541 g/mol. The first kappa shape index (κ1) is 28.6. The number of aromatic nitrogens is 3. The highest BCUT2D eigenvalue weighted by Crippen LogP contribution is 2.39. The van der Waals surface area contributed by atoms with Crippen molar-refractivity contribution in [2.24, 2.45) is 0 Å². The molecule has 40 heavy (non-hydrogen) atoms. The Balaban J connectivity index is 1.71. The first-order valence-corrected chi connectivity index (χ1v) is 13.2. The summed E-state index contributed by atoms with van der Waals surface area (Å²) in [6, 6.07) is 12.0. The van der Waals surface area contributed by atoms with Crippen LogP contribution in [0.4, 0.5) is 23.0 Å². The van der Waals surface area contributed by atoms with Crippen molar-refractivity contribution in [2.75, 3.05) is 56.9 Å². The van der Waals surface area contributed by atoms with Crippen molar-refractivity contribution in [1.29, 1.82) is 0 Å². The molecular weight excluding hydrogens is 502 g/mol. The zero-order chi connectivity index (χ0) is 29.0. The van der Waals surface area contributed by atoms with E-state index in [9.17, 15) is 4.79 Å². The second kappa shape index (κ2) is 11.8. The zero-order valence-corrected chi connectivity index (χ0v) is 24.4. The zero-order valence-electron chi connectivity index (χ0n) is 24.4. The van der Waals surface area contributed by atoms with Crippen LogP contribution >= 0.6 is 0 Å². The van der Waals surface area contributed by atoms with Gasteiger partial charge in [-0.3, -0.25) is 4.79 Å². The van der Waals surface area contributed by atoms with Gasteiger partial charge in [-0.1, -0.05) is 45.5 Å². The Morgan fingerprint density at radius 1 is 1.12 bits per heavy atom. The number of nitrogens with zero attached hydrogens (tertiary/aromatic N) is 4. The lowest BCUT2D eigenvalue weighted by Crippen LogP contribution is -2.29. The highest BCUT2D eigenvalue weighted by atomic mass is 16.5. The Morgan fingerprint density at radius 3 is 2.58 bits per heavy atom. The molecule has 1 amide bonds. The van der Waals surface area contributed by atoms with E-state index in [1.165, 1.54) is 11.6 Å². The number of anilines is 4. The number of carbonyl (C=O) groups is 1. The van der Waals surface area contributed by atoms with Crippen LogP contribution in [0.2, 0.25) is 0 Å². The molecule has 0 radical (unpaired) electrons. The molecule has 0 saturated heterocycles. The van der Waals surface area contributed by atoms with Crippen molar-refractivity contribution in [3.05, 3.63) is 67.0 Å². The van der Waals surface area contributed by atoms with Crippen LogP contribution < -0.4 is 20.3 Å². The number of H-pyrrole nitrogens is 1. The Hall–Kier alpha value is -4.37. The van der Waals surface area contributed by atoms with Crippen LogP contribution in [0, 0.1) is 0 Å². The third-order valence-electron chi connectivity index (χ3n) is 6.76. The molecule has 2 aromatic carbocycles. The Bertz CT molecular complexity index is 1520. The Kier molecular flexibility index (Phi) is 8.44. The molecule has 0 aliphatic carbocycles. The number of ether oxygens (including phenoxy) is 1. The summed E-state index contributed by atoms with van der Waals surface area (Å²) in [5.74, 6) is 0.705. The van der Waals surface area contributed by atoms with Crippen molar-refractivity contribution in [3.8, 4) is 17.0 Å². The first-order valence-electron chi connectivity index (χ1n) is 13.2. The predicted molar refractivity (Wildman–Crippen MR) is 165 cm³/mol. The molecule has 9 nitrogen and oxygen atoms in total. The fourth-order valence-electron chi connectivity index (χ4n) is 4.59. The van der Waals surface area contributed by atoms with Gasteiger partial charge in [0.25, 0.3) is 0 Å². The summed E-state index contributed by atoms with van der Waals surface area (Å²) in [4.78, 5) is 29.2. The largest absolute Gasteiger partial charge is 0.494 e. The third kappa shape index (κ3) is 6.26. The molecule has 9 heteroatoms. The summed E-state index contributed by atoms with van der Waals surface area (Å²) in [6.45, 7) is 11.8. The maximum atomic E-state index is 12.3. The summed E-state index contributed by atoms with van der Waals surface area (Å²) in [6.07, 6.45) is 4.97. The van der Waals surface area contributed by atoms with Gasteiger partial charge in [-0.25, -0.2) is 9.97 Å². The maximum Gasteiger partial charge on any atom is 0.247 e. The van der Waals surface area contributed by atoms with Crippen LogP contribution in [0.25, 0.3) is 22.2 Å². The number of aromatic amines is 1. The fraction of sp³-hybridized carbons (Fsp3) is 0.323. The summed E-state index contributed by atoms with van der Waals surface area (Å²) >= 11 is 0. The molecule has 0 spiro atoms. The molecule has 0 bridgehead atoms. The highest BCUT2D eigenvalue weighted by Gasteiger charge is 2.20. The molecule has 3 N–H and O–H groups in total. The van der Waals surface area contributed by atoms with Crippen molar-refractivity contribution in [2.45, 2.75) is 26.2 Å². The van der Waals surface area contributed by atoms with Gasteiger partial charge in [0.05, 0.1) is 29.9 Å². The molecule has 4 rings (SSSR count). The van der Waals surface area contributed by atoms with E-state index in [2.05, 4.69) is 76.0 Å². The van der Waals surface area contributed by atoms with Crippen LogP contribution in [0.5, 0.6) is 5.75 Å². The number of para-hydroxylation sites is 1. The molecule has 2 heterocycles. The maximum absolute atomic E-state index is 12.3. The van der Waals surface area contributed by atoms with Gasteiger partial charge in [-0.15, -0.1) is 0 Å². The lowest BCUT2D eigenvalue weighted by molar-refractivity contribution is -0.111. The number of hydrogen-bond donors (Lipinski definition) is 3. The topological polar surface area (TPSA) is 98.4 Å². The van der Waals surface area contributed by atoms with Crippen LogP contribution in [0.15, 0.2) is 61.4 Å². The summed E-state index contributed by atoms with van der Waals surface area (Å²) in [5.41, 5.74) is 6.21. The Labute approximate surface area is 236 Å². The minimum absolute atomic E-state index is 0.00198. The number of hydrogen-bond acceptors (Lipinski definition) is 7. The van der Waals surface area contributed by atoms with Gasteiger partial charge in [-0.05, 0) is 43.3 Å². The SMILES string of the molecule is C=CC(=O)Nc1cc(Nc2nccc(-c3c[nH]c4c(C(C)(C)C)cccc34)n2)c(OC)cc1N(C)CCN(C)C. The lowest BCUT2D eigenvalue weighted by Gasteiger charge is -2.26. The van der Waals surface area contributed by atoms with E-state index in [1.54, 1.807) is 13.3 Å². The summed E-state index contributed by atoms with van der Waals surface area (Å²) in [7, 11) is 7.64. The third-order valence-corrected chi connectivity index (χ3v) is 6.76. The molecule has 4 aromatic rings. The average molecular weight is 542 g/mol. The van der Waals surface area contributed by atoms with Gasteiger partial charge in [0.2, 0.25) is 11.9 Å². The number of benzene rings is 2. The van der Waals surface area contributed by atoms with Crippen LogP contribution in [0.1, 0.15) is 26.3 Å². The number of amides is 1. The van der Waals surface area contributed by atoms with E-state index in [1.807, 2.05) is 45.5 Å². The fourth-order valence-corrected chi connectivity index (χ4v) is 4.59. The molecule has 0 saturated carbocycles. The second-order valence-electron chi connectivity index (χ2n) is 11.1. The quantitative estimate of drug-likeness (QED) is 0.218. The molecule has 0 unspecified atom stereocenters. The molecule has 0 atom stereocenters. The van der Waals surface area contributed by atoms with E-state index >= 15 is 0 Å². The average Bonchev–Trinajstić information content (AvgIpc) is 3.35. The molecule has 0 aliphatic rings. The first-order chi connectivity index (χ1) is 19.0. The van der Waals surface area contributed by atoms with Gasteiger partial charge in [0.1, 0.15) is 5.75 Å². The molecule has 2 aromatic heterocycles. The number of rotatable bonds is 10. The molecule has 0 aliphatic heterocycles. The van der Waals surface area contributed by atoms with E-state index in [0.29, 0.717) is 23.1 Å². The van der Waals surface area contributed by atoms with Gasteiger partial charge in [0.15, 0.2) is 0 Å². The van der Waals surface area contributed by atoms with Crippen molar-refractivity contribution in [3.63, 3.8) is 0 Å². The van der Waals surface area contributed by atoms with Gasteiger partial charge in [-0.2, -0.15) is 0 Å². The van der Waals surface area contributed by atoms with E-state index in [0.717, 1.165) is 40.9 Å². The smallest absolute Gasteiger partial charge is 0.247 e. The number of fused-ring (bicyclic) bond motifs is 1. The number of nitrogens with one attached hydrogen (secondary N) is 3. The van der Waals surface area contributed by atoms with Crippen molar-refractivity contribution >= 4 is 39.8 Å². The van der Waals surface area contributed by atoms with Crippen LogP contribution in [-0.4, -0.2) is 67.1 Å². The van der Waals surface area contributed by atoms with E-state index in [-0.39, 0.29) is 11.3 Å². The number of likely N-dealkylation sites (N-methyl/N-ethyl adjacent to an activating group) is 2. The molecule has 0 fully saturated rings. The van der Waals surface area contributed by atoms with Crippen molar-refractivity contribution in [1.82, 2.24) is 19.9 Å². The van der Waals surface area contributed by atoms with Gasteiger partial charge < -0.3 is 30.2 Å². The van der Waals surface area contributed by atoms with E-state index in [4.69, 9.17) is 9.72 Å². The molecular formula is C31H39N7O2. The lowest BCUT2D eigenvalue weighted by atomic mass is 9.85. The summed E-state index contributed by atoms with van der Waals surface area (Å²) in [5, 5.41) is 7.33. The van der Waals surface area contributed by atoms with E-state index < -0.39 is 0 Å². The highest BCUT2D eigenvalue weighted by molar-refractivity contribution is 6.02. The van der Waals surface area contributed by atoms with Crippen molar-refractivity contribution < 1.29 is 9.53 Å². The second-order valence-corrected chi connectivity index (χ2v) is 11.1. The Morgan fingerprint density at radius 2 is 1.90 bits per heavy atom. The molecule has 210 valence electrons.